The summed E-state index contributed by atoms with van der Waals surface area (Å²) < 4.78 is 2.28. The van der Waals surface area contributed by atoms with Gasteiger partial charge in [-0.3, -0.25) is 4.79 Å². The second-order valence-electron chi connectivity index (χ2n) is 4.96. The minimum atomic E-state index is 0.114. The predicted octanol–water partition coefficient (Wildman–Crippen LogP) is 3.35. The van der Waals surface area contributed by atoms with Crippen molar-refractivity contribution < 1.29 is 4.79 Å². The van der Waals surface area contributed by atoms with E-state index in [0.29, 0.717) is 13.0 Å². The average molecular weight is 266 g/mol. The number of aryl methyl sites for hydroxylation is 1. The fourth-order valence-corrected chi connectivity index (χ4v) is 2.84. The van der Waals surface area contributed by atoms with E-state index < -0.39 is 0 Å². The van der Waals surface area contributed by atoms with E-state index in [1.54, 1.807) is 0 Å². The van der Waals surface area contributed by atoms with Gasteiger partial charge in [0.1, 0.15) is 0 Å². The Labute approximate surface area is 118 Å². The maximum atomic E-state index is 12.0. The van der Waals surface area contributed by atoms with Gasteiger partial charge in [0.25, 0.3) is 0 Å². The molecule has 0 saturated heterocycles. The maximum absolute atomic E-state index is 12.0. The first-order valence-corrected chi connectivity index (χ1v) is 7.00. The first-order valence-electron chi connectivity index (χ1n) is 7.00. The largest absolute Gasteiger partial charge is 0.341 e. The van der Waals surface area contributed by atoms with E-state index in [1.807, 2.05) is 30.3 Å². The van der Waals surface area contributed by atoms with E-state index >= 15 is 0 Å². The highest BCUT2D eigenvalue weighted by Gasteiger charge is 2.12. The second-order valence-corrected chi connectivity index (χ2v) is 4.96. The maximum Gasteiger partial charge on any atom is 0.164 e. The second kappa shape index (κ2) is 5.10. The minimum absolute atomic E-state index is 0.114. The van der Waals surface area contributed by atoms with Crippen molar-refractivity contribution in [2.75, 3.05) is 6.54 Å². The summed E-state index contributed by atoms with van der Waals surface area (Å²) in [5, 5.41) is 2.34. The first kappa shape index (κ1) is 12.9. The number of nitrogens with zero attached hydrogens (tertiary/aromatic N) is 1. The van der Waals surface area contributed by atoms with Gasteiger partial charge in [0.05, 0.1) is 0 Å². The number of nitrogens with two attached hydrogens (primary N) is 1. The van der Waals surface area contributed by atoms with Crippen molar-refractivity contribution in [3.05, 3.63) is 48.0 Å². The normalized spacial score (nSPS) is 11.3. The van der Waals surface area contributed by atoms with Gasteiger partial charge >= 0.3 is 0 Å². The number of fused-ring (bicyclic) bond motifs is 3. The molecule has 20 heavy (non-hydrogen) atoms. The quantitative estimate of drug-likeness (QED) is 0.736. The van der Waals surface area contributed by atoms with E-state index in [4.69, 9.17) is 5.73 Å². The van der Waals surface area contributed by atoms with Gasteiger partial charge < -0.3 is 10.3 Å². The number of carbonyl (C=O) groups excluding carboxylic acids is 1. The van der Waals surface area contributed by atoms with Crippen LogP contribution in [-0.2, 0) is 6.54 Å². The molecule has 0 atom stereocenters. The van der Waals surface area contributed by atoms with Crippen LogP contribution < -0.4 is 5.73 Å². The molecule has 3 heteroatoms. The molecule has 3 aromatic rings. The van der Waals surface area contributed by atoms with Gasteiger partial charge in [-0.2, -0.15) is 0 Å². The highest BCUT2D eigenvalue weighted by Crippen LogP contribution is 2.29. The molecule has 0 spiro atoms. The number of ketones is 1. The van der Waals surface area contributed by atoms with Crippen LogP contribution in [0.5, 0.6) is 0 Å². The van der Waals surface area contributed by atoms with Crippen LogP contribution in [0.3, 0.4) is 0 Å². The van der Waals surface area contributed by atoms with Crippen molar-refractivity contribution >= 4 is 27.6 Å². The number of hydrogen-bond acceptors (Lipinski definition) is 2. The van der Waals surface area contributed by atoms with Crippen molar-refractivity contribution in [1.82, 2.24) is 4.57 Å². The Morgan fingerprint density at radius 3 is 2.60 bits per heavy atom. The summed E-state index contributed by atoms with van der Waals surface area (Å²) in [5.74, 6) is 0.114. The number of aromatic nitrogens is 1. The SMILES string of the molecule is CCn1c2ccccc2c2cc(C(=O)CCN)ccc21. The van der Waals surface area contributed by atoms with Crippen molar-refractivity contribution in [2.24, 2.45) is 5.73 Å². The van der Waals surface area contributed by atoms with E-state index in [1.165, 1.54) is 16.4 Å². The van der Waals surface area contributed by atoms with Crippen molar-refractivity contribution in [1.29, 1.82) is 0 Å². The third kappa shape index (κ3) is 1.91. The summed E-state index contributed by atoms with van der Waals surface area (Å²) in [6, 6.07) is 14.3. The highest BCUT2D eigenvalue weighted by atomic mass is 16.1. The molecule has 0 fully saturated rings. The zero-order valence-electron chi connectivity index (χ0n) is 11.6. The smallest absolute Gasteiger partial charge is 0.164 e. The minimum Gasteiger partial charge on any atom is -0.341 e. The number of hydrogen-bond donors (Lipinski definition) is 1. The van der Waals surface area contributed by atoms with Crippen LogP contribution in [0.1, 0.15) is 23.7 Å². The molecule has 1 heterocycles. The van der Waals surface area contributed by atoms with Crippen LogP contribution in [-0.4, -0.2) is 16.9 Å². The molecular formula is C17H18N2O. The number of Topliss-reactive ketones (excluding diaryl/α,β-unsaturated/α-hetero) is 1. The van der Waals surface area contributed by atoms with E-state index in [0.717, 1.165) is 17.5 Å². The van der Waals surface area contributed by atoms with Crippen LogP contribution in [0, 0.1) is 0 Å². The summed E-state index contributed by atoms with van der Waals surface area (Å²) in [6.07, 6.45) is 0.401. The zero-order chi connectivity index (χ0) is 14.1. The predicted molar refractivity (Wildman–Crippen MR) is 83.1 cm³/mol. The molecule has 3 nitrogen and oxygen atoms in total. The van der Waals surface area contributed by atoms with Crippen molar-refractivity contribution in [2.45, 2.75) is 19.9 Å². The van der Waals surface area contributed by atoms with E-state index in [-0.39, 0.29) is 5.78 Å². The molecule has 0 amide bonds. The lowest BCUT2D eigenvalue weighted by Gasteiger charge is -2.03. The van der Waals surface area contributed by atoms with E-state index in [2.05, 4.69) is 23.6 Å². The van der Waals surface area contributed by atoms with Crippen LogP contribution in [0.15, 0.2) is 42.5 Å². The monoisotopic (exact) mass is 266 g/mol. The Morgan fingerprint density at radius 1 is 1.10 bits per heavy atom. The third-order valence-corrected chi connectivity index (χ3v) is 3.78. The molecule has 0 aliphatic carbocycles. The van der Waals surface area contributed by atoms with Gasteiger partial charge in [0, 0.05) is 40.3 Å². The van der Waals surface area contributed by atoms with Gasteiger partial charge in [-0.05, 0) is 37.7 Å². The fourth-order valence-electron chi connectivity index (χ4n) is 2.84. The highest BCUT2D eigenvalue weighted by molar-refractivity contribution is 6.10. The molecular weight excluding hydrogens is 248 g/mol. The van der Waals surface area contributed by atoms with Crippen molar-refractivity contribution in [3.8, 4) is 0 Å². The van der Waals surface area contributed by atoms with Gasteiger partial charge in [0.2, 0.25) is 0 Å². The van der Waals surface area contributed by atoms with Gasteiger partial charge in [-0.15, -0.1) is 0 Å². The summed E-state index contributed by atoms with van der Waals surface area (Å²) in [6.45, 7) is 3.45. The molecule has 0 bridgehead atoms. The molecule has 3 rings (SSSR count). The molecule has 2 aromatic carbocycles. The van der Waals surface area contributed by atoms with E-state index in [9.17, 15) is 4.79 Å². The molecule has 0 aliphatic rings. The van der Waals surface area contributed by atoms with Crippen LogP contribution in [0.2, 0.25) is 0 Å². The molecule has 0 saturated carbocycles. The molecule has 0 unspecified atom stereocenters. The zero-order valence-corrected chi connectivity index (χ0v) is 11.6. The Morgan fingerprint density at radius 2 is 1.85 bits per heavy atom. The number of para-hydroxylation sites is 1. The first-order chi connectivity index (χ1) is 9.76. The molecule has 1 aromatic heterocycles. The lowest BCUT2D eigenvalue weighted by atomic mass is 10.0. The summed E-state index contributed by atoms with van der Waals surface area (Å²) in [4.78, 5) is 12.0. The van der Waals surface area contributed by atoms with Crippen LogP contribution in [0.4, 0.5) is 0 Å². The van der Waals surface area contributed by atoms with Gasteiger partial charge in [-0.1, -0.05) is 18.2 Å². The lowest BCUT2D eigenvalue weighted by molar-refractivity contribution is 0.0985. The Hall–Kier alpha value is -2.13. The van der Waals surface area contributed by atoms with Gasteiger partial charge in [-0.25, -0.2) is 0 Å². The average Bonchev–Trinajstić information content (AvgIpc) is 2.80. The summed E-state index contributed by atoms with van der Waals surface area (Å²) in [7, 11) is 0. The Kier molecular flexibility index (Phi) is 3.28. The molecule has 2 N–H and O–H groups in total. The standard InChI is InChI=1S/C17H18N2O/c1-2-19-15-6-4-3-5-13(15)14-11-12(7-8-16(14)19)17(20)9-10-18/h3-8,11H,2,9-10,18H2,1H3. The molecule has 102 valence electrons. The topological polar surface area (TPSA) is 48.0 Å². The Balaban J connectivity index is 2.28. The van der Waals surface area contributed by atoms with Gasteiger partial charge in [0.15, 0.2) is 5.78 Å². The van der Waals surface area contributed by atoms with Crippen LogP contribution >= 0.6 is 0 Å². The summed E-state index contributed by atoms with van der Waals surface area (Å²) in [5.41, 5.74) is 8.62. The molecule has 0 aliphatic heterocycles. The Bertz CT molecular complexity index is 786. The molecule has 0 radical (unpaired) electrons. The third-order valence-electron chi connectivity index (χ3n) is 3.78. The number of benzene rings is 2. The summed E-state index contributed by atoms with van der Waals surface area (Å²) >= 11 is 0. The van der Waals surface area contributed by atoms with Crippen LogP contribution in [0.25, 0.3) is 21.8 Å². The fraction of sp³-hybridized carbons (Fsp3) is 0.235. The van der Waals surface area contributed by atoms with Crippen molar-refractivity contribution in [3.63, 3.8) is 0 Å². The number of rotatable bonds is 4. The lowest BCUT2D eigenvalue weighted by Crippen LogP contribution is -2.07. The number of carbonyl (C=O) groups is 1.